The van der Waals surface area contributed by atoms with Gasteiger partial charge in [0.2, 0.25) is 0 Å². The molecule has 0 saturated carbocycles. The molecular formula is C17H19BrO2. The minimum Gasteiger partial charge on any atom is -0.496 e. The van der Waals surface area contributed by atoms with Crippen LogP contribution in [0.2, 0.25) is 0 Å². The molecule has 0 heterocycles. The molecule has 106 valence electrons. The molecule has 20 heavy (non-hydrogen) atoms. The minimum absolute atomic E-state index is 0.149. The number of aryl methyl sites for hydroxylation is 1. The van der Waals surface area contributed by atoms with Crippen molar-refractivity contribution in [3.8, 4) is 11.5 Å². The lowest BCUT2D eigenvalue weighted by Gasteiger charge is -2.18. The van der Waals surface area contributed by atoms with Gasteiger partial charge in [-0.1, -0.05) is 51.8 Å². The van der Waals surface area contributed by atoms with Crippen molar-refractivity contribution in [2.75, 3.05) is 14.2 Å². The summed E-state index contributed by atoms with van der Waals surface area (Å²) in [7, 11) is 3.37. The highest BCUT2D eigenvalue weighted by atomic mass is 79.9. The van der Waals surface area contributed by atoms with Gasteiger partial charge in [0, 0.05) is 0 Å². The highest BCUT2D eigenvalue weighted by Gasteiger charge is 2.18. The van der Waals surface area contributed by atoms with Gasteiger partial charge in [-0.05, 0) is 31.0 Å². The van der Waals surface area contributed by atoms with Gasteiger partial charge in [-0.25, -0.2) is 0 Å². The van der Waals surface area contributed by atoms with E-state index in [0.717, 1.165) is 23.5 Å². The second kappa shape index (κ2) is 6.80. The smallest absolute Gasteiger partial charge is 0.126 e. The van der Waals surface area contributed by atoms with Gasteiger partial charge in [0.05, 0.1) is 24.6 Å². The standard InChI is InChI=1S/C17H19BrO2/c1-12-6-4-7-13(10-12)11-14(18)17-15(19-2)8-5-9-16(17)20-3/h4-10,14H,11H2,1-3H3. The predicted molar refractivity (Wildman–Crippen MR) is 86.1 cm³/mol. The number of rotatable bonds is 5. The van der Waals surface area contributed by atoms with Crippen LogP contribution < -0.4 is 9.47 Å². The zero-order valence-corrected chi connectivity index (χ0v) is 13.6. The molecule has 3 heteroatoms. The first-order valence-corrected chi connectivity index (χ1v) is 7.47. The predicted octanol–water partition coefficient (Wildman–Crippen LogP) is 4.69. The Bertz CT molecular complexity index is 559. The fourth-order valence-electron chi connectivity index (χ4n) is 2.34. The normalized spacial score (nSPS) is 12.0. The van der Waals surface area contributed by atoms with Gasteiger partial charge in [-0.3, -0.25) is 0 Å². The molecule has 0 saturated heterocycles. The maximum atomic E-state index is 5.46. The number of ether oxygens (including phenoxy) is 2. The first-order valence-electron chi connectivity index (χ1n) is 6.56. The van der Waals surface area contributed by atoms with Gasteiger partial charge in [-0.15, -0.1) is 0 Å². The molecule has 0 aliphatic carbocycles. The molecule has 0 radical (unpaired) electrons. The van der Waals surface area contributed by atoms with E-state index in [2.05, 4.69) is 47.1 Å². The van der Waals surface area contributed by atoms with E-state index in [9.17, 15) is 0 Å². The maximum Gasteiger partial charge on any atom is 0.126 e. The maximum absolute atomic E-state index is 5.46. The first-order chi connectivity index (χ1) is 9.65. The minimum atomic E-state index is 0.149. The molecule has 1 unspecified atom stereocenters. The molecule has 0 bridgehead atoms. The van der Waals surface area contributed by atoms with Crippen molar-refractivity contribution in [1.29, 1.82) is 0 Å². The molecule has 2 nitrogen and oxygen atoms in total. The van der Waals surface area contributed by atoms with Gasteiger partial charge < -0.3 is 9.47 Å². The fourth-order valence-corrected chi connectivity index (χ4v) is 3.16. The van der Waals surface area contributed by atoms with Crippen LogP contribution in [0.3, 0.4) is 0 Å². The number of alkyl halides is 1. The third-order valence-corrected chi connectivity index (χ3v) is 4.06. The van der Waals surface area contributed by atoms with E-state index in [1.54, 1.807) is 14.2 Å². The fraction of sp³-hybridized carbons (Fsp3) is 0.294. The largest absolute Gasteiger partial charge is 0.496 e. The summed E-state index contributed by atoms with van der Waals surface area (Å²) < 4.78 is 10.9. The summed E-state index contributed by atoms with van der Waals surface area (Å²) in [5.41, 5.74) is 3.62. The third kappa shape index (κ3) is 3.34. The molecule has 0 fully saturated rings. The van der Waals surface area contributed by atoms with Crippen molar-refractivity contribution in [3.63, 3.8) is 0 Å². The lowest BCUT2D eigenvalue weighted by atomic mass is 10.0. The van der Waals surface area contributed by atoms with Crippen LogP contribution in [-0.4, -0.2) is 14.2 Å². The van der Waals surface area contributed by atoms with Crippen LogP contribution in [-0.2, 0) is 6.42 Å². The summed E-state index contributed by atoms with van der Waals surface area (Å²) >= 11 is 3.77. The van der Waals surface area contributed by atoms with Gasteiger partial charge in [-0.2, -0.15) is 0 Å². The highest BCUT2D eigenvalue weighted by molar-refractivity contribution is 9.09. The lowest BCUT2D eigenvalue weighted by molar-refractivity contribution is 0.385. The molecule has 2 aromatic carbocycles. The van der Waals surface area contributed by atoms with Crippen molar-refractivity contribution < 1.29 is 9.47 Å². The summed E-state index contributed by atoms with van der Waals surface area (Å²) in [6.45, 7) is 2.11. The first kappa shape index (κ1) is 14.9. The highest BCUT2D eigenvalue weighted by Crippen LogP contribution is 2.40. The summed E-state index contributed by atoms with van der Waals surface area (Å²) in [4.78, 5) is 0.149. The van der Waals surface area contributed by atoms with Crippen molar-refractivity contribution in [2.45, 2.75) is 18.2 Å². The molecule has 0 spiro atoms. The average Bonchev–Trinajstić information content (AvgIpc) is 2.46. The SMILES string of the molecule is COc1cccc(OC)c1C(Br)Cc1cccc(C)c1. The molecule has 2 rings (SSSR count). The van der Waals surface area contributed by atoms with Gasteiger partial charge >= 0.3 is 0 Å². The molecule has 0 aliphatic heterocycles. The van der Waals surface area contributed by atoms with Gasteiger partial charge in [0.1, 0.15) is 11.5 Å². The Morgan fingerprint density at radius 3 is 2.15 bits per heavy atom. The Balaban J connectivity index is 2.31. The van der Waals surface area contributed by atoms with Gasteiger partial charge in [0.15, 0.2) is 0 Å². The number of hydrogen-bond acceptors (Lipinski definition) is 2. The lowest BCUT2D eigenvalue weighted by Crippen LogP contribution is -2.02. The Morgan fingerprint density at radius 1 is 1.00 bits per heavy atom. The molecule has 0 N–H and O–H groups in total. The van der Waals surface area contributed by atoms with Crippen molar-refractivity contribution in [1.82, 2.24) is 0 Å². The number of benzene rings is 2. The van der Waals surface area contributed by atoms with E-state index >= 15 is 0 Å². The molecule has 0 amide bonds. The summed E-state index contributed by atoms with van der Waals surface area (Å²) in [5.74, 6) is 1.69. The number of hydrogen-bond donors (Lipinski definition) is 0. The molecule has 1 atom stereocenters. The van der Waals surface area contributed by atoms with E-state index in [4.69, 9.17) is 9.47 Å². The van der Waals surface area contributed by atoms with Crippen LogP contribution in [0.5, 0.6) is 11.5 Å². The van der Waals surface area contributed by atoms with E-state index in [1.165, 1.54) is 11.1 Å². The third-order valence-electron chi connectivity index (χ3n) is 3.28. The summed E-state index contributed by atoms with van der Waals surface area (Å²) in [5, 5.41) is 0. The number of methoxy groups -OCH3 is 2. The van der Waals surface area contributed by atoms with Crippen LogP contribution in [0.4, 0.5) is 0 Å². The van der Waals surface area contributed by atoms with Crippen LogP contribution in [0, 0.1) is 6.92 Å². The second-order valence-corrected chi connectivity index (χ2v) is 5.84. The topological polar surface area (TPSA) is 18.5 Å². The Labute approximate surface area is 128 Å². The zero-order valence-electron chi connectivity index (χ0n) is 12.0. The van der Waals surface area contributed by atoms with E-state index in [0.29, 0.717) is 0 Å². The summed E-state index contributed by atoms with van der Waals surface area (Å²) in [6.07, 6.45) is 0.887. The van der Waals surface area contributed by atoms with E-state index < -0.39 is 0 Å². The Hall–Kier alpha value is -1.48. The van der Waals surface area contributed by atoms with Crippen molar-refractivity contribution in [3.05, 3.63) is 59.2 Å². The van der Waals surface area contributed by atoms with Crippen LogP contribution >= 0.6 is 15.9 Å². The Kier molecular flexibility index (Phi) is 5.07. The molecular weight excluding hydrogens is 316 g/mol. The van der Waals surface area contributed by atoms with Crippen LogP contribution in [0.1, 0.15) is 21.5 Å². The van der Waals surface area contributed by atoms with E-state index in [-0.39, 0.29) is 4.83 Å². The molecule has 0 aromatic heterocycles. The molecule has 2 aromatic rings. The van der Waals surface area contributed by atoms with Crippen LogP contribution in [0.25, 0.3) is 0 Å². The van der Waals surface area contributed by atoms with Gasteiger partial charge in [0.25, 0.3) is 0 Å². The average molecular weight is 335 g/mol. The summed E-state index contributed by atoms with van der Waals surface area (Å²) in [6, 6.07) is 14.4. The van der Waals surface area contributed by atoms with E-state index in [1.807, 2.05) is 18.2 Å². The van der Waals surface area contributed by atoms with Crippen molar-refractivity contribution >= 4 is 15.9 Å². The Morgan fingerprint density at radius 2 is 1.60 bits per heavy atom. The second-order valence-electron chi connectivity index (χ2n) is 4.74. The number of halogens is 1. The van der Waals surface area contributed by atoms with Crippen LogP contribution in [0.15, 0.2) is 42.5 Å². The zero-order chi connectivity index (χ0) is 14.5. The van der Waals surface area contributed by atoms with Crippen molar-refractivity contribution in [2.24, 2.45) is 0 Å². The quantitative estimate of drug-likeness (QED) is 0.738. The molecule has 0 aliphatic rings. The monoisotopic (exact) mass is 334 g/mol.